The summed E-state index contributed by atoms with van der Waals surface area (Å²) in [5.74, 6) is -1.44. The Bertz CT molecular complexity index is 531. The molecule has 1 saturated heterocycles. The van der Waals surface area contributed by atoms with Crippen LogP contribution in [0.3, 0.4) is 0 Å². The van der Waals surface area contributed by atoms with Crippen LogP contribution in [0.1, 0.15) is 22.3 Å². The van der Waals surface area contributed by atoms with Gasteiger partial charge < -0.3 is 15.1 Å². The summed E-state index contributed by atoms with van der Waals surface area (Å²) in [6.07, 6.45) is -0.697. The first-order chi connectivity index (χ1) is 8.90. The maximum Gasteiger partial charge on any atom is 0.326 e. The van der Waals surface area contributed by atoms with Gasteiger partial charge in [0.2, 0.25) is 0 Å². The third-order valence-corrected chi connectivity index (χ3v) is 3.74. The van der Waals surface area contributed by atoms with Crippen LogP contribution in [0.15, 0.2) is 22.7 Å². The van der Waals surface area contributed by atoms with Gasteiger partial charge in [0.1, 0.15) is 6.04 Å². The summed E-state index contributed by atoms with van der Waals surface area (Å²) in [4.78, 5) is 24.7. The van der Waals surface area contributed by atoms with E-state index in [4.69, 9.17) is 5.11 Å². The molecule has 0 saturated carbocycles. The molecule has 5 nitrogen and oxygen atoms in total. The largest absolute Gasteiger partial charge is 0.480 e. The number of nitrogens with zero attached hydrogens (tertiary/aromatic N) is 1. The monoisotopic (exact) mass is 327 g/mol. The number of amides is 1. The van der Waals surface area contributed by atoms with Crippen molar-refractivity contribution in [2.24, 2.45) is 0 Å². The first-order valence-corrected chi connectivity index (χ1v) is 6.67. The van der Waals surface area contributed by atoms with Gasteiger partial charge in [-0.25, -0.2) is 4.79 Å². The van der Waals surface area contributed by atoms with E-state index >= 15 is 0 Å². The molecular weight excluding hydrogens is 314 g/mol. The first kappa shape index (κ1) is 14.0. The molecule has 1 fully saturated rings. The van der Waals surface area contributed by atoms with Crippen molar-refractivity contribution in [3.05, 3.63) is 33.8 Å². The predicted octanol–water partition coefficient (Wildman–Crippen LogP) is 1.42. The van der Waals surface area contributed by atoms with E-state index in [1.165, 1.54) is 4.90 Å². The van der Waals surface area contributed by atoms with Crippen LogP contribution in [0.5, 0.6) is 0 Å². The van der Waals surface area contributed by atoms with Gasteiger partial charge in [-0.1, -0.05) is 15.9 Å². The van der Waals surface area contributed by atoms with E-state index in [0.29, 0.717) is 5.56 Å². The average Bonchev–Trinajstić information content (AvgIpc) is 2.70. The zero-order valence-electron chi connectivity index (χ0n) is 10.3. The summed E-state index contributed by atoms with van der Waals surface area (Å²) in [5, 5.41) is 18.7. The van der Waals surface area contributed by atoms with Crippen LogP contribution in [0.2, 0.25) is 0 Å². The molecule has 1 amide bonds. The van der Waals surface area contributed by atoms with Gasteiger partial charge in [0.05, 0.1) is 6.10 Å². The molecule has 1 heterocycles. The second-order valence-corrected chi connectivity index (χ2v) is 5.58. The van der Waals surface area contributed by atoms with Crippen LogP contribution < -0.4 is 0 Å². The highest BCUT2D eigenvalue weighted by atomic mass is 79.9. The lowest BCUT2D eigenvalue weighted by Gasteiger charge is -2.22. The van der Waals surface area contributed by atoms with Crippen molar-refractivity contribution in [3.63, 3.8) is 0 Å². The van der Waals surface area contributed by atoms with Crippen LogP contribution >= 0.6 is 15.9 Å². The van der Waals surface area contributed by atoms with Crippen molar-refractivity contribution in [1.82, 2.24) is 4.90 Å². The van der Waals surface area contributed by atoms with Crippen LogP contribution in [0.25, 0.3) is 0 Å². The number of halogens is 1. The number of carbonyl (C=O) groups is 2. The number of likely N-dealkylation sites (tertiary alicyclic amines) is 1. The number of aliphatic hydroxyl groups is 1. The molecule has 1 aliphatic rings. The van der Waals surface area contributed by atoms with Gasteiger partial charge in [0.25, 0.3) is 5.91 Å². The van der Waals surface area contributed by atoms with Crippen molar-refractivity contribution in [2.75, 3.05) is 6.54 Å². The van der Waals surface area contributed by atoms with Crippen LogP contribution in [0, 0.1) is 6.92 Å². The van der Waals surface area contributed by atoms with Gasteiger partial charge in [-0.15, -0.1) is 0 Å². The molecule has 0 aliphatic carbocycles. The van der Waals surface area contributed by atoms with Gasteiger partial charge in [-0.3, -0.25) is 4.79 Å². The van der Waals surface area contributed by atoms with E-state index in [0.717, 1.165) is 10.0 Å². The van der Waals surface area contributed by atoms with Gasteiger partial charge in [0.15, 0.2) is 0 Å². The third kappa shape index (κ3) is 2.79. The molecule has 0 spiro atoms. The van der Waals surface area contributed by atoms with E-state index in [9.17, 15) is 14.7 Å². The number of carboxylic acid groups (broad SMARTS) is 1. The Morgan fingerprint density at radius 1 is 1.42 bits per heavy atom. The number of rotatable bonds is 2. The Morgan fingerprint density at radius 3 is 2.68 bits per heavy atom. The number of hydrogen-bond acceptors (Lipinski definition) is 3. The second kappa shape index (κ2) is 5.30. The molecule has 0 aromatic heterocycles. The molecule has 102 valence electrons. The molecular formula is C13H14BrNO4. The molecule has 1 unspecified atom stereocenters. The highest BCUT2D eigenvalue weighted by Gasteiger charge is 2.39. The minimum absolute atomic E-state index is 0.0608. The molecule has 6 heteroatoms. The van der Waals surface area contributed by atoms with E-state index in [2.05, 4.69) is 15.9 Å². The minimum Gasteiger partial charge on any atom is -0.480 e. The quantitative estimate of drug-likeness (QED) is 0.861. The standard InChI is InChI=1S/C13H14BrNO4/c1-7-4-8(14)2-3-10(7)12(17)15-6-9(16)5-11(15)13(18)19/h2-4,9,11,16H,5-6H2,1H3,(H,18,19)/t9?,11-/m0/s1. The molecule has 0 bridgehead atoms. The van der Waals surface area contributed by atoms with Gasteiger partial charge in [-0.05, 0) is 30.7 Å². The molecule has 1 aliphatic heterocycles. The Balaban J connectivity index is 2.30. The first-order valence-electron chi connectivity index (χ1n) is 5.88. The van der Waals surface area contributed by atoms with Crippen molar-refractivity contribution in [3.8, 4) is 0 Å². The maximum atomic E-state index is 12.4. The number of β-amino-alcohol motifs (C(OH)–C–C–N with tert-alkyl or cyclic N) is 1. The topological polar surface area (TPSA) is 77.8 Å². The lowest BCUT2D eigenvalue weighted by atomic mass is 10.1. The molecule has 1 aromatic rings. The summed E-state index contributed by atoms with van der Waals surface area (Å²) in [7, 11) is 0. The fourth-order valence-corrected chi connectivity index (χ4v) is 2.77. The number of aliphatic carboxylic acids is 1. The highest BCUT2D eigenvalue weighted by Crippen LogP contribution is 2.23. The molecule has 1 aromatic carbocycles. The van der Waals surface area contributed by atoms with Gasteiger partial charge in [0, 0.05) is 23.0 Å². The third-order valence-electron chi connectivity index (χ3n) is 3.24. The summed E-state index contributed by atoms with van der Waals surface area (Å²) in [6, 6.07) is 4.24. The SMILES string of the molecule is Cc1cc(Br)ccc1C(=O)N1CC(O)C[C@H]1C(=O)O. The van der Waals surface area contributed by atoms with Crippen molar-refractivity contribution in [1.29, 1.82) is 0 Å². The lowest BCUT2D eigenvalue weighted by molar-refractivity contribution is -0.141. The minimum atomic E-state index is -1.08. The smallest absolute Gasteiger partial charge is 0.326 e. The molecule has 19 heavy (non-hydrogen) atoms. The van der Waals surface area contributed by atoms with Crippen LogP contribution in [-0.4, -0.2) is 45.7 Å². The highest BCUT2D eigenvalue weighted by molar-refractivity contribution is 9.10. The summed E-state index contributed by atoms with van der Waals surface area (Å²) in [6.45, 7) is 1.85. The molecule has 2 rings (SSSR count). The van der Waals surface area contributed by atoms with E-state index < -0.39 is 18.1 Å². The van der Waals surface area contributed by atoms with Crippen molar-refractivity contribution in [2.45, 2.75) is 25.5 Å². The summed E-state index contributed by atoms with van der Waals surface area (Å²) < 4.78 is 0.859. The summed E-state index contributed by atoms with van der Waals surface area (Å²) in [5.41, 5.74) is 1.23. The molecule has 2 N–H and O–H groups in total. The summed E-state index contributed by atoms with van der Waals surface area (Å²) >= 11 is 3.31. The molecule has 2 atom stereocenters. The number of benzene rings is 1. The normalized spacial score (nSPS) is 22.6. The fraction of sp³-hybridized carbons (Fsp3) is 0.385. The second-order valence-electron chi connectivity index (χ2n) is 4.66. The Labute approximate surface area is 119 Å². The Hall–Kier alpha value is -1.40. The Morgan fingerprint density at radius 2 is 2.11 bits per heavy atom. The van der Waals surface area contributed by atoms with E-state index in [1.54, 1.807) is 25.1 Å². The number of aliphatic hydroxyl groups excluding tert-OH is 1. The lowest BCUT2D eigenvalue weighted by Crippen LogP contribution is -2.40. The van der Waals surface area contributed by atoms with Gasteiger partial charge in [-0.2, -0.15) is 0 Å². The maximum absolute atomic E-state index is 12.4. The van der Waals surface area contributed by atoms with Gasteiger partial charge >= 0.3 is 5.97 Å². The predicted molar refractivity (Wildman–Crippen MR) is 72.0 cm³/mol. The number of carbonyl (C=O) groups excluding carboxylic acids is 1. The van der Waals surface area contributed by atoms with E-state index in [-0.39, 0.29) is 18.9 Å². The number of carboxylic acids is 1. The van der Waals surface area contributed by atoms with Crippen LogP contribution in [0.4, 0.5) is 0 Å². The van der Waals surface area contributed by atoms with E-state index in [1.807, 2.05) is 0 Å². The zero-order chi connectivity index (χ0) is 14.2. The number of hydrogen-bond donors (Lipinski definition) is 2. The Kier molecular flexibility index (Phi) is 3.91. The van der Waals surface area contributed by atoms with Crippen LogP contribution in [-0.2, 0) is 4.79 Å². The molecule has 0 radical (unpaired) electrons. The van der Waals surface area contributed by atoms with Crippen molar-refractivity contribution < 1.29 is 19.8 Å². The zero-order valence-corrected chi connectivity index (χ0v) is 11.9. The average molecular weight is 328 g/mol. The van der Waals surface area contributed by atoms with Crippen molar-refractivity contribution >= 4 is 27.8 Å². The number of aryl methyl sites for hydroxylation is 1. The fourth-order valence-electron chi connectivity index (χ4n) is 2.29.